The van der Waals surface area contributed by atoms with E-state index in [9.17, 15) is 0 Å². The quantitative estimate of drug-likeness (QED) is 0.658. The highest BCUT2D eigenvalue weighted by molar-refractivity contribution is 5.70. The zero-order chi connectivity index (χ0) is 13.5. The third-order valence-corrected chi connectivity index (χ3v) is 2.88. The molecule has 0 heterocycles. The second kappa shape index (κ2) is 6.85. The van der Waals surface area contributed by atoms with Gasteiger partial charge < -0.3 is 5.32 Å². The Morgan fingerprint density at radius 2 is 2.06 bits per heavy atom. The summed E-state index contributed by atoms with van der Waals surface area (Å²) in [5.41, 5.74) is 5.88. The van der Waals surface area contributed by atoms with Crippen molar-refractivity contribution in [3.05, 3.63) is 60.3 Å². The number of anilines is 1. The van der Waals surface area contributed by atoms with Gasteiger partial charge in [0, 0.05) is 11.4 Å². The predicted octanol–water partition coefficient (Wildman–Crippen LogP) is 5.39. The molecule has 1 aromatic rings. The fraction of sp³-hybridized carbons (Fsp3) is 0.294. The average Bonchev–Trinajstić information content (AvgIpc) is 2.35. The van der Waals surface area contributed by atoms with Crippen LogP contribution in [0.25, 0.3) is 5.57 Å². The van der Waals surface area contributed by atoms with E-state index < -0.39 is 0 Å². The molecule has 0 saturated heterocycles. The topological polar surface area (TPSA) is 12.0 Å². The van der Waals surface area contributed by atoms with Crippen LogP contribution in [-0.2, 0) is 0 Å². The van der Waals surface area contributed by atoms with Gasteiger partial charge >= 0.3 is 0 Å². The maximum absolute atomic E-state index is 4.09. The van der Waals surface area contributed by atoms with Crippen molar-refractivity contribution in [1.29, 1.82) is 0 Å². The Hall–Kier alpha value is -1.76. The van der Waals surface area contributed by atoms with Gasteiger partial charge in [-0.25, -0.2) is 0 Å². The van der Waals surface area contributed by atoms with Crippen LogP contribution in [0.15, 0.2) is 54.8 Å². The van der Waals surface area contributed by atoms with Gasteiger partial charge in [-0.1, -0.05) is 43.9 Å². The minimum absolute atomic E-state index is 0.948. The van der Waals surface area contributed by atoms with Gasteiger partial charge in [0.25, 0.3) is 0 Å². The molecule has 1 nitrogen and oxygen atoms in total. The Morgan fingerprint density at radius 1 is 1.33 bits per heavy atom. The highest BCUT2D eigenvalue weighted by Gasteiger charge is 2.03. The van der Waals surface area contributed by atoms with Gasteiger partial charge in [-0.05, 0) is 50.0 Å². The van der Waals surface area contributed by atoms with Crippen molar-refractivity contribution in [3.8, 4) is 0 Å². The minimum atomic E-state index is 0.948. The molecule has 0 amide bonds. The van der Waals surface area contributed by atoms with Gasteiger partial charge in [0.2, 0.25) is 0 Å². The zero-order valence-electron chi connectivity index (χ0n) is 11.7. The maximum atomic E-state index is 4.09. The van der Waals surface area contributed by atoms with Crippen LogP contribution in [0.4, 0.5) is 5.69 Å². The van der Waals surface area contributed by atoms with Gasteiger partial charge in [-0.2, -0.15) is 0 Å². The van der Waals surface area contributed by atoms with Gasteiger partial charge in [0.05, 0.1) is 0 Å². The van der Waals surface area contributed by atoms with Crippen molar-refractivity contribution < 1.29 is 0 Å². The molecule has 0 unspecified atom stereocenters. The molecule has 0 spiro atoms. The molecule has 0 radical (unpaired) electrons. The van der Waals surface area contributed by atoms with E-state index in [1.54, 1.807) is 0 Å². The van der Waals surface area contributed by atoms with E-state index in [0.717, 1.165) is 24.2 Å². The van der Waals surface area contributed by atoms with Crippen molar-refractivity contribution in [2.24, 2.45) is 0 Å². The molecule has 0 fully saturated rings. The Balaban J connectivity index is 2.93. The fourth-order valence-electron chi connectivity index (χ4n) is 1.81. The lowest BCUT2D eigenvalue weighted by Crippen LogP contribution is -1.95. The van der Waals surface area contributed by atoms with Crippen molar-refractivity contribution in [2.75, 3.05) is 5.32 Å². The van der Waals surface area contributed by atoms with Crippen LogP contribution in [0.5, 0.6) is 0 Å². The summed E-state index contributed by atoms with van der Waals surface area (Å²) in [7, 11) is 0. The van der Waals surface area contributed by atoms with E-state index in [-0.39, 0.29) is 0 Å². The van der Waals surface area contributed by atoms with Crippen LogP contribution in [0.1, 0.15) is 39.2 Å². The summed E-state index contributed by atoms with van der Waals surface area (Å²) in [5.74, 6) is 0. The van der Waals surface area contributed by atoms with E-state index in [1.165, 1.54) is 16.7 Å². The maximum Gasteiger partial charge on any atom is 0.0387 e. The van der Waals surface area contributed by atoms with E-state index in [4.69, 9.17) is 0 Å². The third-order valence-electron chi connectivity index (χ3n) is 2.88. The molecule has 0 aliphatic rings. The normalized spacial score (nSPS) is 11.2. The molecular formula is C17H23N. The van der Waals surface area contributed by atoms with Gasteiger partial charge in [0.15, 0.2) is 0 Å². The monoisotopic (exact) mass is 241 g/mol. The van der Waals surface area contributed by atoms with E-state index >= 15 is 0 Å². The zero-order valence-corrected chi connectivity index (χ0v) is 11.7. The molecule has 0 saturated carbocycles. The van der Waals surface area contributed by atoms with Crippen molar-refractivity contribution in [1.82, 2.24) is 0 Å². The number of hydrogen-bond acceptors (Lipinski definition) is 1. The molecule has 0 aliphatic carbocycles. The summed E-state index contributed by atoms with van der Waals surface area (Å²) in [6.07, 6.45) is 4.14. The molecule has 1 heteroatoms. The molecule has 0 aromatic heterocycles. The van der Waals surface area contributed by atoms with Crippen LogP contribution in [0, 0.1) is 0 Å². The van der Waals surface area contributed by atoms with Crippen molar-refractivity contribution in [2.45, 2.75) is 33.6 Å². The molecule has 1 rings (SSSR count). The first-order valence-corrected chi connectivity index (χ1v) is 6.41. The highest BCUT2D eigenvalue weighted by Crippen LogP contribution is 2.25. The van der Waals surface area contributed by atoms with Gasteiger partial charge in [-0.3, -0.25) is 0 Å². The first-order valence-electron chi connectivity index (χ1n) is 6.41. The number of hydrogen-bond donors (Lipinski definition) is 1. The smallest absolute Gasteiger partial charge is 0.0387 e. The fourth-order valence-corrected chi connectivity index (χ4v) is 1.81. The number of rotatable bonds is 6. The second-order valence-electron chi connectivity index (χ2n) is 4.58. The summed E-state index contributed by atoms with van der Waals surface area (Å²) in [5, 5.41) is 3.25. The lowest BCUT2D eigenvalue weighted by Gasteiger charge is -2.11. The summed E-state index contributed by atoms with van der Waals surface area (Å²) < 4.78 is 0. The van der Waals surface area contributed by atoms with E-state index in [2.05, 4.69) is 62.7 Å². The number of nitrogens with one attached hydrogen (secondary N) is 1. The molecular weight excluding hydrogens is 218 g/mol. The average molecular weight is 241 g/mol. The Morgan fingerprint density at radius 3 is 2.61 bits per heavy atom. The Labute approximate surface area is 111 Å². The highest BCUT2D eigenvalue weighted by atomic mass is 14.9. The van der Waals surface area contributed by atoms with Crippen LogP contribution in [0.3, 0.4) is 0 Å². The van der Waals surface area contributed by atoms with Crippen LogP contribution < -0.4 is 5.32 Å². The number of allylic oxidation sites excluding steroid dienone is 4. The minimum Gasteiger partial charge on any atom is -0.360 e. The largest absolute Gasteiger partial charge is 0.360 e. The van der Waals surface area contributed by atoms with Crippen molar-refractivity contribution >= 4 is 11.3 Å². The molecule has 18 heavy (non-hydrogen) atoms. The number of benzene rings is 1. The molecule has 0 aliphatic heterocycles. The first kappa shape index (κ1) is 14.3. The second-order valence-corrected chi connectivity index (χ2v) is 4.58. The van der Waals surface area contributed by atoms with E-state index in [0.29, 0.717) is 0 Å². The molecule has 1 aromatic carbocycles. The summed E-state index contributed by atoms with van der Waals surface area (Å²) >= 11 is 0. The van der Waals surface area contributed by atoms with Crippen LogP contribution in [0.2, 0.25) is 0 Å². The van der Waals surface area contributed by atoms with Gasteiger partial charge in [0.1, 0.15) is 0 Å². The Bertz CT molecular complexity index is 466. The predicted molar refractivity (Wildman–Crippen MR) is 82.6 cm³/mol. The van der Waals surface area contributed by atoms with Crippen molar-refractivity contribution in [3.63, 3.8) is 0 Å². The SMILES string of the molecule is C=C(CC)C/C(=C\C)c1cccc(NC(=C)C)c1. The van der Waals surface area contributed by atoms with Crippen LogP contribution in [-0.4, -0.2) is 0 Å². The standard InChI is InChI=1S/C17H23N/c1-6-14(5)11-15(7-2)16-9-8-10-17(12-16)18-13(3)4/h7-10,12,18H,3,5-6,11H2,1-2,4H3/b15-7+. The molecule has 96 valence electrons. The third kappa shape index (κ3) is 4.25. The summed E-state index contributed by atoms with van der Waals surface area (Å²) in [6, 6.07) is 8.42. The first-order chi connectivity index (χ1) is 8.56. The van der Waals surface area contributed by atoms with E-state index in [1.807, 2.05) is 6.92 Å². The summed E-state index contributed by atoms with van der Waals surface area (Å²) in [6.45, 7) is 14.1. The molecule has 0 atom stereocenters. The lowest BCUT2D eigenvalue weighted by atomic mass is 9.97. The molecule has 1 N–H and O–H groups in total. The summed E-state index contributed by atoms with van der Waals surface area (Å²) in [4.78, 5) is 0. The lowest BCUT2D eigenvalue weighted by molar-refractivity contribution is 1.05. The molecule has 0 bridgehead atoms. The van der Waals surface area contributed by atoms with Crippen LogP contribution >= 0.6 is 0 Å². The Kier molecular flexibility index (Phi) is 5.44. The van der Waals surface area contributed by atoms with Gasteiger partial charge in [-0.15, -0.1) is 0 Å².